The molecule has 0 N–H and O–H groups in total. The Morgan fingerprint density at radius 1 is 1.29 bits per heavy atom. The molecular formula is C11H20INO. The second-order valence-electron chi connectivity index (χ2n) is 5.59. The third-order valence-electron chi connectivity index (χ3n) is 2.78. The molecule has 1 atom stereocenters. The molecule has 1 rings (SSSR count). The average molecular weight is 309 g/mol. The molecule has 1 fully saturated rings. The lowest BCUT2D eigenvalue weighted by molar-refractivity contribution is -0.132. The molecule has 1 amide bonds. The zero-order chi connectivity index (χ0) is 11.1. The van der Waals surface area contributed by atoms with E-state index in [2.05, 4.69) is 62.1 Å². The van der Waals surface area contributed by atoms with Gasteiger partial charge in [0, 0.05) is 12.5 Å². The van der Waals surface area contributed by atoms with Gasteiger partial charge in [0.1, 0.15) is 0 Å². The van der Waals surface area contributed by atoms with Gasteiger partial charge in [-0.2, -0.15) is 0 Å². The molecule has 2 nitrogen and oxygen atoms in total. The Kier molecular flexibility index (Phi) is 3.20. The zero-order valence-electron chi connectivity index (χ0n) is 9.72. The van der Waals surface area contributed by atoms with Gasteiger partial charge in [-0.25, -0.2) is 0 Å². The van der Waals surface area contributed by atoms with E-state index in [1.807, 2.05) is 0 Å². The Labute approximate surface area is 101 Å². The standard InChI is InChI=1S/C11H20INO/c1-10(2,3)8-6-7-9(14)13(8)11(4,5)12/h8H,6-7H2,1-5H3. The van der Waals surface area contributed by atoms with Gasteiger partial charge in [0.25, 0.3) is 0 Å². The highest BCUT2D eigenvalue weighted by Crippen LogP contribution is 2.40. The first-order valence-corrected chi connectivity index (χ1v) is 6.23. The van der Waals surface area contributed by atoms with Crippen LogP contribution in [0, 0.1) is 5.41 Å². The first kappa shape index (κ1) is 12.3. The fraction of sp³-hybridized carbons (Fsp3) is 0.909. The number of likely N-dealkylation sites (tertiary alicyclic amines) is 1. The van der Waals surface area contributed by atoms with E-state index in [1.165, 1.54) is 0 Å². The molecule has 0 bridgehead atoms. The Balaban J connectivity index is 2.94. The number of alkyl halides is 1. The van der Waals surface area contributed by atoms with Crippen LogP contribution in [-0.4, -0.2) is 20.4 Å². The van der Waals surface area contributed by atoms with Crippen molar-refractivity contribution in [3.63, 3.8) is 0 Å². The number of carbonyl (C=O) groups excluding carboxylic acids is 1. The van der Waals surface area contributed by atoms with Crippen LogP contribution in [0.4, 0.5) is 0 Å². The molecule has 14 heavy (non-hydrogen) atoms. The third kappa shape index (κ3) is 2.41. The average Bonchev–Trinajstić information content (AvgIpc) is 2.27. The summed E-state index contributed by atoms with van der Waals surface area (Å²) in [6, 6.07) is 0.391. The minimum absolute atomic E-state index is 0.0662. The van der Waals surface area contributed by atoms with Crippen LogP contribution in [0.1, 0.15) is 47.5 Å². The van der Waals surface area contributed by atoms with E-state index in [0.29, 0.717) is 18.4 Å². The minimum atomic E-state index is -0.0662. The lowest BCUT2D eigenvalue weighted by Gasteiger charge is -2.42. The summed E-state index contributed by atoms with van der Waals surface area (Å²) in [6.45, 7) is 10.9. The monoisotopic (exact) mass is 309 g/mol. The van der Waals surface area contributed by atoms with Gasteiger partial charge in [0.15, 0.2) is 0 Å². The highest BCUT2D eigenvalue weighted by molar-refractivity contribution is 14.1. The van der Waals surface area contributed by atoms with Crippen molar-refractivity contribution in [2.45, 2.75) is 57.0 Å². The smallest absolute Gasteiger partial charge is 0.223 e. The van der Waals surface area contributed by atoms with E-state index in [4.69, 9.17) is 0 Å². The van der Waals surface area contributed by atoms with Gasteiger partial charge in [-0.3, -0.25) is 4.79 Å². The van der Waals surface area contributed by atoms with E-state index >= 15 is 0 Å². The maximum Gasteiger partial charge on any atom is 0.223 e. The third-order valence-corrected chi connectivity index (χ3v) is 3.30. The largest absolute Gasteiger partial charge is 0.325 e. The van der Waals surface area contributed by atoms with Crippen LogP contribution in [0.15, 0.2) is 0 Å². The van der Waals surface area contributed by atoms with Gasteiger partial charge in [-0.1, -0.05) is 43.4 Å². The summed E-state index contributed by atoms with van der Waals surface area (Å²) in [6.07, 6.45) is 1.73. The van der Waals surface area contributed by atoms with Crippen LogP contribution in [0.3, 0.4) is 0 Å². The van der Waals surface area contributed by atoms with Crippen molar-refractivity contribution >= 4 is 28.5 Å². The van der Waals surface area contributed by atoms with Gasteiger partial charge >= 0.3 is 0 Å². The summed E-state index contributed by atoms with van der Waals surface area (Å²) in [5.41, 5.74) is 0.189. The van der Waals surface area contributed by atoms with Gasteiger partial charge in [-0.15, -0.1) is 0 Å². The Morgan fingerprint density at radius 3 is 2.07 bits per heavy atom. The summed E-state index contributed by atoms with van der Waals surface area (Å²) >= 11 is 2.35. The summed E-state index contributed by atoms with van der Waals surface area (Å²) in [7, 11) is 0. The Hall–Kier alpha value is 0.200. The molecule has 1 unspecified atom stereocenters. The van der Waals surface area contributed by atoms with E-state index in [1.54, 1.807) is 0 Å². The molecule has 1 saturated heterocycles. The van der Waals surface area contributed by atoms with Crippen LogP contribution >= 0.6 is 22.6 Å². The number of carbonyl (C=O) groups is 1. The predicted molar refractivity (Wildman–Crippen MR) is 67.4 cm³/mol. The molecule has 1 aliphatic heterocycles. The summed E-state index contributed by atoms with van der Waals surface area (Å²) < 4.78 is -0.0662. The second-order valence-corrected chi connectivity index (χ2v) is 8.23. The molecule has 0 aromatic heterocycles. The van der Waals surface area contributed by atoms with Crippen molar-refractivity contribution in [3.8, 4) is 0 Å². The van der Waals surface area contributed by atoms with E-state index in [9.17, 15) is 4.79 Å². The van der Waals surface area contributed by atoms with Crippen LogP contribution in [0.2, 0.25) is 0 Å². The van der Waals surface area contributed by atoms with E-state index in [0.717, 1.165) is 6.42 Å². The normalized spacial score (nSPS) is 24.6. The number of halogens is 1. The molecule has 1 heterocycles. The topological polar surface area (TPSA) is 20.3 Å². The maximum atomic E-state index is 11.8. The highest BCUT2D eigenvalue weighted by atomic mass is 127. The summed E-state index contributed by atoms with van der Waals surface area (Å²) in [5.74, 6) is 0.310. The molecular weight excluding hydrogens is 289 g/mol. The van der Waals surface area contributed by atoms with Crippen LogP contribution in [-0.2, 0) is 4.79 Å². The molecule has 0 saturated carbocycles. The molecule has 3 heteroatoms. The predicted octanol–water partition coefficient (Wildman–Crippen LogP) is 3.19. The molecule has 1 aliphatic rings. The fourth-order valence-electron chi connectivity index (χ4n) is 2.17. The lowest BCUT2D eigenvalue weighted by atomic mass is 9.85. The van der Waals surface area contributed by atoms with Crippen molar-refractivity contribution in [2.75, 3.05) is 0 Å². The highest BCUT2D eigenvalue weighted by Gasteiger charge is 2.44. The summed E-state index contributed by atoms with van der Waals surface area (Å²) in [5, 5.41) is 0. The van der Waals surface area contributed by atoms with Gasteiger partial charge in [0.2, 0.25) is 5.91 Å². The molecule has 0 spiro atoms. The van der Waals surface area contributed by atoms with Crippen LogP contribution in [0.5, 0.6) is 0 Å². The second kappa shape index (κ2) is 3.65. The van der Waals surface area contributed by atoms with Gasteiger partial charge in [-0.05, 0) is 25.7 Å². The van der Waals surface area contributed by atoms with Crippen molar-refractivity contribution in [3.05, 3.63) is 0 Å². The number of nitrogens with zero attached hydrogens (tertiary/aromatic N) is 1. The number of hydrogen-bond acceptors (Lipinski definition) is 1. The van der Waals surface area contributed by atoms with Crippen molar-refractivity contribution in [2.24, 2.45) is 5.41 Å². The first-order chi connectivity index (χ1) is 6.14. The number of rotatable bonds is 1. The summed E-state index contributed by atoms with van der Waals surface area (Å²) in [4.78, 5) is 13.9. The molecule has 0 aromatic carbocycles. The van der Waals surface area contributed by atoms with Crippen molar-refractivity contribution in [1.29, 1.82) is 0 Å². The van der Waals surface area contributed by atoms with Crippen LogP contribution < -0.4 is 0 Å². The fourth-order valence-corrected chi connectivity index (χ4v) is 2.78. The minimum Gasteiger partial charge on any atom is -0.325 e. The van der Waals surface area contributed by atoms with E-state index < -0.39 is 0 Å². The molecule has 0 aliphatic carbocycles. The lowest BCUT2D eigenvalue weighted by Crippen LogP contribution is -2.49. The van der Waals surface area contributed by atoms with Crippen molar-refractivity contribution in [1.82, 2.24) is 4.90 Å². The van der Waals surface area contributed by atoms with Gasteiger partial charge < -0.3 is 4.90 Å². The SMILES string of the molecule is CC(C)(C)C1CCC(=O)N1C(C)(C)I. The number of amides is 1. The zero-order valence-corrected chi connectivity index (χ0v) is 11.9. The Bertz CT molecular complexity index is 237. The van der Waals surface area contributed by atoms with E-state index in [-0.39, 0.29) is 8.96 Å². The first-order valence-electron chi connectivity index (χ1n) is 5.15. The quantitative estimate of drug-likeness (QED) is 0.414. The maximum absolute atomic E-state index is 11.8. The molecule has 0 radical (unpaired) electrons. The van der Waals surface area contributed by atoms with Gasteiger partial charge in [0.05, 0.1) is 3.55 Å². The molecule has 82 valence electrons. The van der Waals surface area contributed by atoms with Crippen LogP contribution in [0.25, 0.3) is 0 Å². The molecule has 0 aromatic rings. The Morgan fingerprint density at radius 2 is 1.79 bits per heavy atom. The number of hydrogen-bond donors (Lipinski definition) is 0. The van der Waals surface area contributed by atoms with Crippen molar-refractivity contribution < 1.29 is 4.79 Å².